The molecule has 1 aliphatic heterocycles. The Bertz CT molecular complexity index is 792. The molecule has 25 heavy (non-hydrogen) atoms. The Kier molecular flexibility index (Phi) is 5.37. The van der Waals surface area contributed by atoms with E-state index in [0.717, 1.165) is 15.5 Å². The first kappa shape index (κ1) is 17.5. The summed E-state index contributed by atoms with van der Waals surface area (Å²) < 4.78 is 4.79. The van der Waals surface area contributed by atoms with Crippen LogP contribution in [0.2, 0.25) is 5.02 Å². The summed E-state index contributed by atoms with van der Waals surface area (Å²) in [6, 6.07) is 7.35. The maximum atomic E-state index is 12.0. The van der Waals surface area contributed by atoms with E-state index in [-0.39, 0.29) is 19.8 Å². The van der Waals surface area contributed by atoms with E-state index in [2.05, 4.69) is 15.5 Å². The van der Waals surface area contributed by atoms with Crippen LogP contribution in [0.4, 0.5) is 5.13 Å². The number of rotatable bonds is 5. The lowest BCUT2D eigenvalue weighted by atomic mass is 10.2. The zero-order valence-electron chi connectivity index (χ0n) is 12.9. The van der Waals surface area contributed by atoms with Gasteiger partial charge in [-0.1, -0.05) is 35.1 Å². The van der Waals surface area contributed by atoms with Crippen molar-refractivity contribution in [1.82, 2.24) is 15.1 Å². The van der Waals surface area contributed by atoms with Crippen LogP contribution in [0, 0.1) is 0 Å². The standard InChI is InChI=1S/C15H13ClN4O4S/c16-10-3-1-9(2-4-10)5-12-18-19-15(25-12)17-11(21)6-20-13(22)7-24-8-14(20)23/h1-4H,5-8H2,(H,17,19,21). The predicted molar refractivity (Wildman–Crippen MR) is 90.3 cm³/mol. The van der Waals surface area contributed by atoms with Crippen molar-refractivity contribution in [3.05, 3.63) is 39.9 Å². The molecule has 1 aromatic carbocycles. The van der Waals surface area contributed by atoms with Crippen molar-refractivity contribution in [3.8, 4) is 0 Å². The first-order chi connectivity index (χ1) is 12.0. The normalized spacial score (nSPS) is 14.7. The van der Waals surface area contributed by atoms with Gasteiger partial charge < -0.3 is 4.74 Å². The molecule has 1 fully saturated rings. The zero-order chi connectivity index (χ0) is 17.8. The number of hydrogen-bond acceptors (Lipinski definition) is 7. The number of amides is 3. The van der Waals surface area contributed by atoms with Gasteiger partial charge in [-0.25, -0.2) is 0 Å². The number of anilines is 1. The van der Waals surface area contributed by atoms with E-state index in [1.54, 1.807) is 12.1 Å². The molecule has 0 aliphatic carbocycles. The first-order valence-corrected chi connectivity index (χ1v) is 8.48. The molecule has 0 spiro atoms. The minimum absolute atomic E-state index is 0.205. The quantitative estimate of drug-likeness (QED) is 0.779. The Labute approximate surface area is 151 Å². The molecule has 0 saturated carbocycles. The average Bonchev–Trinajstić information content (AvgIpc) is 3.00. The van der Waals surface area contributed by atoms with E-state index >= 15 is 0 Å². The van der Waals surface area contributed by atoms with E-state index in [1.807, 2.05) is 12.1 Å². The van der Waals surface area contributed by atoms with E-state index in [4.69, 9.17) is 16.3 Å². The van der Waals surface area contributed by atoms with Gasteiger partial charge in [0.25, 0.3) is 11.8 Å². The molecule has 1 N–H and O–H groups in total. The molecule has 2 heterocycles. The summed E-state index contributed by atoms with van der Waals surface area (Å²) in [5.74, 6) is -1.59. The van der Waals surface area contributed by atoms with Crippen LogP contribution in [0.3, 0.4) is 0 Å². The van der Waals surface area contributed by atoms with Crippen LogP contribution >= 0.6 is 22.9 Å². The molecule has 10 heteroatoms. The van der Waals surface area contributed by atoms with Gasteiger partial charge in [-0.05, 0) is 17.7 Å². The predicted octanol–water partition coefficient (Wildman–Crippen LogP) is 1.11. The number of nitrogens with one attached hydrogen (secondary N) is 1. The van der Waals surface area contributed by atoms with Gasteiger partial charge in [-0.2, -0.15) is 0 Å². The molecule has 130 valence electrons. The Hall–Kier alpha value is -2.36. The summed E-state index contributed by atoms with van der Waals surface area (Å²) in [6.07, 6.45) is 0.561. The molecule has 1 saturated heterocycles. The fraction of sp³-hybridized carbons (Fsp3) is 0.267. The monoisotopic (exact) mass is 380 g/mol. The number of nitrogens with zero attached hydrogens (tertiary/aromatic N) is 3. The molecule has 8 nitrogen and oxygen atoms in total. The number of halogens is 1. The van der Waals surface area contributed by atoms with Gasteiger partial charge in [0.15, 0.2) is 0 Å². The Morgan fingerprint density at radius 2 is 1.88 bits per heavy atom. The molecule has 0 unspecified atom stereocenters. The smallest absolute Gasteiger partial charge is 0.255 e. The highest BCUT2D eigenvalue weighted by molar-refractivity contribution is 7.15. The van der Waals surface area contributed by atoms with Gasteiger partial charge in [-0.15, -0.1) is 10.2 Å². The SMILES string of the molecule is O=C(CN1C(=O)COCC1=O)Nc1nnc(Cc2ccc(Cl)cc2)s1. The maximum absolute atomic E-state index is 12.0. The average molecular weight is 381 g/mol. The second-order valence-corrected chi connectivity index (χ2v) is 6.72. The summed E-state index contributed by atoms with van der Waals surface area (Å²) in [5.41, 5.74) is 1.02. The van der Waals surface area contributed by atoms with Crippen molar-refractivity contribution < 1.29 is 19.1 Å². The van der Waals surface area contributed by atoms with Crippen LogP contribution in [0.25, 0.3) is 0 Å². The van der Waals surface area contributed by atoms with Crippen LogP contribution in [-0.2, 0) is 25.5 Å². The molecule has 1 aliphatic rings. The zero-order valence-corrected chi connectivity index (χ0v) is 14.5. The van der Waals surface area contributed by atoms with Gasteiger partial charge >= 0.3 is 0 Å². The van der Waals surface area contributed by atoms with Crippen molar-refractivity contribution in [2.24, 2.45) is 0 Å². The van der Waals surface area contributed by atoms with E-state index < -0.39 is 17.7 Å². The molecular weight excluding hydrogens is 368 g/mol. The summed E-state index contributed by atoms with van der Waals surface area (Å²) in [5, 5.41) is 12.1. The van der Waals surface area contributed by atoms with Crippen molar-refractivity contribution in [3.63, 3.8) is 0 Å². The van der Waals surface area contributed by atoms with Crippen LogP contribution in [0.5, 0.6) is 0 Å². The summed E-state index contributed by atoms with van der Waals surface area (Å²) in [7, 11) is 0. The van der Waals surface area contributed by atoms with Gasteiger partial charge in [-0.3, -0.25) is 24.6 Å². The summed E-state index contributed by atoms with van der Waals surface area (Å²) in [4.78, 5) is 36.1. The highest BCUT2D eigenvalue weighted by Crippen LogP contribution is 2.19. The topological polar surface area (TPSA) is 101 Å². The van der Waals surface area contributed by atoms with Gasteiger partial charge in [0.2, 0.25) is 11.0 Å². The maximum Gasteiger partial charge on any atom is 0.255 e. The second kappa shape index (κ2) is 7.68. The Morgan fingerprint density at radius 3 is 2.56 bits per heavy atom. The fourth-order valence-corrected chi connectivity index (χ4v) is 3.07. The lowest BCUT2D eigenvalue weighted by Crippen LogP contribution is -2.49. The van der Waals surface area contributed by atoms with Crippen LogP contribution in [0.1, 0.15) is 10.6 Å². The number of carbonyl (C=O) groups excluding carboxylic acids is 3. The van der Waals surface area contributed by atoms with Gasteiger partial charge in [0.1, 0.15) is 24.8 Å². The third kappa shape index (κ3) is 4.59. The van der Waals surface area contributed by atoms with Crippen LogP contribution in [-0.4, -0.2) is 52.6 Å². The Morgan fingerprint density at radius 1 is 1.20 bits per heavy atom. The third-order valence-corrected chi connectivity index (χ3v) is 4.43. The van der Waals surface area contributed by atoms with Crippen LogP contribution in [0.15, 0.2) is 24.3 Å². The lowest BCUT2D eigenvalue weighted by Gasteiger charge is -2.23. The molecule has 3 rings (SSSR count). The summed E-state index contributed by atoms with van der Waals surface area (Å²) >= 11 is 7.07. The molecule has 2 aromatic rings. The number of benzene rings is 1. The molecule has 1 aromatic heterocycles. The first-order valence-electron chi connectivity index (χ1n) is 7.29. The fourth-order valence-electron chi connectivity index (χ4n) is 2.15. The Balaban J connectivity index is 1.57. The van der Waals surface area contributed by atoms with Crippen molar-refractivity contribution >= 4 is 45.8 Å². The number of carbonyl (C=O) groups is 3. The molecule has 3 amide bonds. The third-order valence-electron chi connectivity index (χ3n) is 3.34. The molecule has 0 bridgehead atoms. The summed E-state index contributed by atoms with van der Waals surface area (Å²) in [6.45, 7) is -0.779. The van der Waals surface area contributed by atoms with Gasteiger partial charge in [0.05, 0.1) is 0 Å². The highest BCUT2D eigenvalue weighted by Gasteiger charge is 2.28. The van der Waals surface area contributed by atoms with E-state index in [0.29, 0.717) is 16.6 Å². The lowest BCUT2D eigenvalue weighted by molar-refractivity contribution is -0.159. The number of imide groups is 1. The number of aromatic nitrogens is 2. The molecule has 0 atom stereocenters. The number of ether oxygens (including phenoxy) is 1. The van der Waals surface area contributed by atoms with E-state index in [1.165, 1.54) is 11.3 Å². The highest BCUT2D eigenvalue weighted by atomic mass is 35.5. The van der Waals surface area contributed by atoms with Crippen molar-refractivity contribution in [2.45, 2.75) is 6.42 Å². The number of morpholine rings is 1. The van der Waals surface area contributed by atoms with Crippen LogP contribution < -0.4 is 5.32 Å². The second-order valence-electron chi connectivity index (χ2n) is 5.22. The minimum Gasteiger partial charge on any atom is -0.362 e. The van der Waals surface area contributed by atoms with Crippen molar-refractivity contribution in [1.29, 1.82) is 0 Å². The van der Waals surface area contributed by atoms with Gasteiger partial charge in [0, 0.05) is 11.4 Å². The van der Waals surface area contributed by atoms with Crippen molar-refractivity contribution in [2.75, 3.05) is 25.1 Å². The largest absolute Gasteiger partial charge is 0.362 e. The minimum atomic E-state index is -0.535. The molecule has 0 radical (unpaired) electrons. The molecular formula is C15H13ClN4O4S. The number of hydrogen-bond donors (Lipinski definition) is 1. The van der Waals surface area contributed by atoms with E-state index in [9.17, 15) is 14.4 Å².